The minimum atomic E-state index is -0.142. The highest BCUT2D eigenvalue weighted by Gasteiger charge is 2.45. The standard InChI is InChI=1S/C83H48BBr4N2P/c85-50-32-34-59-71(38-50)90(91)73-40-52(87)36-60-63-42-62(76-57(48-22-10-3-11-23-48)30-17-31-58(76)49-24-12-4-13-25-49)66-45-70-79-65(67-37-53(88)41-74-83(67)84(70)69-35-33-51(86)39-72(69)89(74)54-26-14-5-15-27-54)43-61(64-44-68(77(59)80(60)73)78(63)81(66)82(64)79)75-55(46-18-6-1-7-19-46)28-16-29-56(75)47-20-8-2-9-21-47/h1-45,77H,91H2. The maximum atomic E-state index is 4.23. The van der Waals surface area contributed by atoms with Gasteiger partial charge < -0.3 is 9.57 Å². The molecule has 0 radical (unpaired) electrons. The van der Waals surface area contributed by atoms with Crippen molar-refractivity contribution in [1.82, 2.24) is 0 Å². The first-order chi connectivity index (χ1) is 44.7. The second-order valence-corrected chi connectivity index (χ2v) is 28.7. The smallest absolute Gasteiger partial charge is 0.248 e. The van der Waals surface area contributed by atoms with E-state index in [1.54, 1.807) is 0 Å². The Hall–Kier alpha value is -8.65. The summed E-state index contributed by atoms with van der Waals surface area (Å²) in [6.07, 6.45) is 0. The van der Waals surface area contributed by atoms with Gasteiger partial charge in [0.15, 0.2) is 0 Å². The molecule has 426 valence electrons. The van der Waals surface area contributed by atoms with Gasteiger partial charge in [-0.3, -0.25) is 0 Å². The Morgan fingerprint density at radius 1 is 0.308 bits per heavy atom. The van der Waals surface area contributed by atoms with E-state index in [0.29, 0.717) is 0 Å². The van der Waals surface area contributed by atoms with Crippen molar-refractivity contribution in [2.45, 2.75) is 5.92 Å². The third-order valence-electron chi connectivity index (χ3n) is 19.8. The van der Waals surface area contributed by atoms with Crippen LogP contribution in [0.15, 0.2) is 291 Å². The van der Waals surface area contributed by atoms with Crippen molar-refractivity contribution in [3.8, 4) is 89.0 Å². The van der Waals surface area contributed by atoms with Crippen LogP contribution in [0.2, 0.25) is 0 Å². The molecule has 0 fully saturated rings. The summed E-state index contributed by atoms with van der Waals surface area (Å²) in [4.78, 5) is 2.50. The minimum absolute atomic E-state index is 0.107. The molecule has 8 heteroatoms. The van der Waals surface area contributed by atoms with Gasteiger partial charge in [-0.15, -0.1) is 0 Å². The lowest BCUT2D eigenvalue weighted by atomic mass is 9.32. The first-order valence-electron chi connectivity index (χ1n) is 30.8. The lowest BCUT2D eigenvalue weighted by Gasteiger charge is -2.42. The van der Waals surface area contributed by atoms with E-state index >= 15 is 0 Å². The molecule has 0 spiro atoms. The Bertz CT molecular complexity index is 5490. The second-order valence-electron chi connectivity index (χ2n) is 24.5. The number of halogens is 4. The molecule has 4 aliphatic rings. The van der Waals surface area contributed by atoms with E-state index in [1.807, 2.05) is 0 Å². The number of fused-ring (bicyclic) bond motifs is 8. The van der Waals surface area contributed by atoms with Gasteiger partial charge in [-0.05, 0) is 237 Å². The van der Waals surface area contributed by atoms with E-state index in [1.165, 1.54) is 154 Å². The Balaban J connectivity index is 1.08. The number of rotatable bonds is 7. The zero-order chi connectivity index (χ0) is 60.5. The zero-order valence-electron chi connectivity index (χ0n) is 48.6. The SMILES string of the molecule is PN1c2cc(Br)ccc2C2c3c(cc(Br)cc31)-c1cc(-c3c(-c4ccccc4)cccc3-c3ccccc3)c3cc4c5c(cc(-c6c(-c7ccccc7)cccc6-c6ccccc6)c6cc2c1c3c65)-c1cc(Br)cc2c1B4c1ccc(Br)cc1N2c1ccccc1. The van der Waals surface area contributed by atoms with Crippen LogP contribution in [0.25, 0.3) is 121 Å². The molecule has 2 atom stereocenters. The van der Waals surface area contributed by atoms with Crippen molar-refractivity contribution < 1.29 is 0 Å². The normalized spacial score (nSPS) is 13.8. The molecule has 2 unspecified atom stereocenters. The molecule has 1 aliphatic carbocycles. The van der Waals surface area contributed by atoms with E-state index in [2.05, 4.69) is 356 Å². The Kier molecular flexibility index (Phi) is 12.3. The van der Waals surface area contributed by atoms with Crippen LogP contribution >= 0.6 is 73.1 Å². The molecule has 3 aliphatic heterocycles. The minimum Gasteiger partial charge on any atom is -0.325 e. The molecule has 0 bridgehead atoms. The lowest BCUT2D eigenvalue weighted by molar-refractivity contribution is 0.957. The number of hydrogen-bond acceptors (Lipinski definition) is 2. The molecule has 0 saturated heterocycles. The number of nitrogens with zero attached hydrogens (tertiary/aromatic N) is 2. The monoisotopic (exact) mass is 1430 g/mol. The molecule has 15 aromatic rings. The second kappa shape index (κ2) is 20.7. The van der Waals surface area contributed by atoms with E-state index < -0.39 is 0 Å². The van der Waals surface area contributed by atoms with E-state index in [4.69, 9.17) is 0 Å². The van der Waals surface area contributed by atoms with Crippen molar-refractivity contribution in [2.24, 2.45) is 0 Å². The molecule has 3 heterocycles. The Morgan fingerprint density at radius 2 is 0.769 bits per heavy atom. The lowest BCUT2D eigenvalue weighted by Crippen LogP contribution is -2.59. The fraction of sp³-hybridized carbons (Fsp3) is 0.0120. The summed E-state index contributed by atoms with van der Waals surface area (Å²) in [5.41, 5.74) is 32.7. The van der Waals surface area contributed by atoms with Crippen LogP contribution in [0.1, 0.15) is 22.6 Å². The van der Waals surface area contributed by atoms with E-state index in [0.717, 1.165) is 46.3 Å². The van der Waals surface area contributed by atoms with Gasteiger partial charge in [-0.1, -0.05) is 263 Å². The van der Waals surface area contributed by atoms with Crippen LogP contribution in [-0.4, -0.2) is 6.71 Å². The van der Waals surface area contributed by atoms with Crippen molar-refractivity contribution in [3.05, 3.63) is 308 Å². The average molecular weight is 1430 g/mol. The molecule has 19 rings (SSSR count). The molecule has 0 amide bonds. The highest BCUT2D eigenvalue weighted by molar-refractivity contribution is 9.11. The number of hydrogen-bond donors (Lipinski definition) is 0. The maximum absolute atomic E-state index is 4.23. The highest BCUT2D eigenvalue weighted by Crippen LogP contribution is 2.63. The largest absolute Gasteiger partial charge is 0.325 e. The van der Waals surface area contributed by atoms with Crippen LogP contribution in [0.5, 0.6) is 0 Å². The molecule has 0 saturated carbocycles. The summed E-state index contributed by atoms with van der Waals surface area (Å²) in [5.74, 6) is -0.107. The first-order valence-corrected chi connectivity index (χ1v) is 34.4. The number of anilines is 5. The van der Waals surface area contributed by atoms with Crippen LogP contribution < -0.4 is 26.0 Å². The van der Waals surface area contributed by atoms with Crippen molar-refractivity contribution in [1.29, 1.82) is 0 Å². The van der Waals surface area contributed by atoms with Gasteiger partial charge in [0.1, 0.15) is 0 Å². The van der Waals surface area contributed by atoms with E-state index in [-0.39, 0.29) is 12.6 Å². The van der Waals surface area contributed by atoms with Gasteiger partial charge in [0.05, 0.1) is 5.69 Å². The van der Waals surface area contributed by atoms with Crippen LogP contribution in [0, 0.1) is 0 Å². The average Bonchev–Trinajstić information content (AvgIpc) is 0.667. The molecule has 0 aromatic heterocycles. The summed E-state index contributed by atoms with van der Waals surface area (Å²) in [6.45, 7) is -0.142. The quantitative estimate of drug-likeness (QED) is 0.0891. The van der Waals surface area contributed by atoms with Gasteiger partial charge >= 0.3 is 0 Å². The molecular formula is C83H48BBr4N2P. The third kappa shape index (κ3) is 7.98. The van der Waals surface area contributed by atoms with Crippen LogP contribution in [0.4, 0.5) is 28.4 Å². The number of para-hydroxylation sites is 1. The van der Waals surface area contributed by atoms with Gasteiger partial charge in [0.25, 0.3) is 0 Å². The first kappa shape index (κ1) is 54.1. The topological polar surface area (TPSA) is 6.48 Å². The van der Waals surface area contributed by atoms with Crippen molar-refractivity contribution in [3.63, 3.8) is 0 Å². The van der Waals surface area contributed by atoms with Gasteiger partial charge in [0.2, 0.25) is 6.71 Å². The molecule has 2 nitrogen and oxygen atoms in total. The van der Waals surface area contributed by atoms with Gasteiger partial charge in [-0.25, -0.2) is 0 Å². The molecule has 0 N–H and O–H groups in total. The Morgan fingerprint density at radius 3 is 1.33 bits per heavy atom. The number of benzene rings is 15. The Labute approximate surface area is 564 Å². The predicted molar refractivity (Wildman–Crippen MR) is 403 cm³/mol. The summed E-state index contributed by atoms with van der Waals surface area (Å²) in [5, 5.41) is 7.65. The summed E-state index contributed by atoms with van der Waals surface area (Å²) < 4.78 is 6.48. The maximum Gasteiger partial charge on any atom is 0.248 e. The molecule has 91 heavy (non-hydrogen) atoms. The highest BCUT2D eigenvalue weighted by atomic mass is 79.9. The van der Waals surface area contributed by atoms with Crippen LogP contribution in [-0.2, 0) is 0 Å². The summed E-state index contributed by atoms with van der Waals surface area (Å²) in [7, 11) is 3.12. The van der Waals surface area contributed by atoms with Crippen LogP contribution in [0.3, 0.4) is 0 Å². The fourth-order valence-electron chi connectivity index (χ4n) is 16.3. The van der Waals surface area contributed by atoms with Gasteiger partial charge in [0, 0.05) is 46.6 Å². The molecule has 15 aromatic carbocycles. The molecular weight excluding hydrogens is 1390 g/mol. The van der Waals surface area contributed by atoms with Crippen molar-refractivity contribution in [2.75, 3.05) is 9.57 Å². The van der Waals surface area contributed by atoms with Gasteiger partial charge in [-0.2, -0.15) is 0 Å². The predicted octanol–water partition coefficient (Wildman–Crippen LogP) is 23.3. The van der Waals surface area contributed by atoms with E-state index in [9.17, 15) is 0 Å². The summed E-state index contributed by atoms with van der Waals surface area (Å²) in [6, 6.07) is 103. The fourth-order valence-corrected chi connectivity index (χ4v) is 18.3. The zero-order valence-corrected chi connectivity index (χ0v) is 56.1. The summed E-state index contributed by atoms with van der Waals surface area (Å²) >= 11 is 16.4. The third-order valence-corrected chi connectivity index (χ3v) is 22.3. The van der Waals surface area contributed by atoms with Crippen molar-refractivity contribution >= 4 is 157 Å².